The molecule has 2 heteroatoms. The molecule has 13 heavy (non-hydrogen) atoms. The number of rotatable bonds is 3. The van der Waals surface area contributed by atoms with Crippen molar-refractivity contribution >= 4 is 11.9 Å². The van der Waals surface area contributed by atoms with E-state index in [1.54, 1.807) is 18.2 Å². The van der Waals surface area contributed by atoms with Gasteiger partial charge in [-0.3, -0.25) is 4.79 Å². The Bertz CT molecular complexity index is 336. The Balaban J connectivity index is 2.74. The summed E-state index contributed by atoms with van der Waals surface area (Å²) in [6, 6.07) is 5.89. The maximum Gasteiger partial charge on any atom is 0.178 e. The summed E-state index contributed by atoms with van der Waals surface area (Å²) in [7, 11) is 0. The first-order valence-corrected chi connectivity index (χ1v) is 3.82. The summed E-state index contributed by atoms with van der Waals surface area (Å²) < 4.78 is 12.4. The van der Waals surface area contributed by atoms with Crippen molar-refractivity contribution in [1.29, 1.82) is 0 Å². The van der Waals surface area contributed by atoms with Crippen LogP contribution in [0.15, 0.2) is 43.0 Å². The molecule has 0 radical (unpaired) electrons. The molecule has 1 rings (SSSR count). The van der Waals surface area contributed by atoms with Gasteiger partial charge in [0.2, 0.25) is 0 Å². The molecule has 0 spiro atoms. The second kappa shape index (κ2) is 4.36. The van der Waals surface area contributed by atoms with Crippen LogP contribution in [-0.4, -0.2) is 5.78 Å². The van der Waals surface area contributed by atoms with E-state index in [9.17, 15) is 9.18 Å². The second-order valence-electron chi connectivity index (χ2n) is 2.49. The van der Waals surface area contributed by atoms with E-state index in [1.165, 1.54) is 24.3 Å². The zero-order valence-electron chi connectivity index (χ0n) is 7.03. The van der Waals surface area contributed by atoms with Gasteiger partial charge in [0.1, 0.15) is 5.82 Å². The highest BCUT2D eigenvalue weighted by Crippen LogP contribution is 2.04. The zero-order chi connectivity index (χ0) is 9.68. The third-order valence-corrected chi connectivity index (χ3v) is 1.51. The van der Waals surface area contributed by atoms with Crippen LogP contribution in [0.1, 0.15) is 5.56 Å². The molecule has 0 fully saturated rings. The number of carbonyl (C=O) groups excluding carboxylic acids is 1. The normalized spacial score (nSPS) is 10.2. The number of allylic oxidation sites excluding steroid dienone is 2. The van der Waals surface area contributed by atoms with Crippen LogP contribution in [0.5, 0.6) is 0 Å². The molecule has 0 aromatic heterocycles. The van der Waals surface area contributed by atoms with Crippen LogP contribution in [0.2, 0.25) is 0 Å². The number of benzene rings is 1. The predicted molar refractivity (Wildman–Crippen MR) is 50.6 cm³/mol. The van der Waals surface area contributed by atoms with E-state index in [0.717, 1.165) is 5.56 Å². The third-order valence-electron chi connectivity index (χ3n) is 1.51. The summed E-state index contributed by atoms with van der Waals surface area (Å²) in [5, 5.41) is 0. The van der Waals surface area contributed by atoms with Crippen molar-refractivity contribution in [2.24, 2.45) is 0 Å². The van der Waals surface area contributed by atoms with Crippen molar-refractivity contribution in [3.8, 4) is 0 Å². The summed E-state index contributed by atoms with van der Waals surface area (Å²) in [6.07, 6.45) is 4.23. The predicted octanol–water partition coefficient (Wildman–Crippen LogP) is 2.59. The van der Waals surface area contributed by atoms with E-state index in [-0.39, 0.29) is 11.6 Å². The summed E-state index contributed by atoms with van der Waals surface area (Å²) >= 11 is 0. The van der Waals surface area contributed by atoms with Gasteiger partial charge in [-0.05, 0) is 29.8 Å². The largest absolute Gasteiger partial charge is 0.290 e. The summed E-state index contributed by atoms with van der Waals surface area (Å²) in [6.45, 7) is 3.33. The first-order valence-electron chi connectivity index (χ1n) is 3.82. The van der Waals surface area contributed by atoms with Crippen LogP contribution in [0.4, 0.5) is 4.39 Å². The Morgan fingerprint density at radius 3 is 2.46 bits per heavy atom. The fraction of sp³-hybridized carbons (Fsp3) is 0. The summed E-state index contributed by atoms with van der Waals surface area (Å²) in [5.41, 5.74) is 0.789. The van der Waals surface area contributed by atoms with Gasteiger partial charge in [0.15, 0.2) is 5.78 Å². The fourth-order valence-electron chi connectivity index (χ4n) is 0.820. The lowest BCUT2D eigenvalue weighted by Gasteiger charge is -1.91. The van der Waals surface area contributed by atoms with Gasteiger partial charge in [-0.1, -0.05) is 24.8 Å². The van der Waals surface area contributed by atoms with Crippen molar-refractivity contribution < 1.29 is 9.18 Å². The van der Waals surface area contributed by atoms with Crippen molar-refractivity contribution in [2.75, 3.05) is 0 Å². The summed E-state index contributed by atoms with van der Waals surface area (Å²) in [5.74, 6) is -0.448. The number of hydrogen-bond donors (Lipinski definition) is 0. The number of carbonyl (C=O) groups is 1. The molecular formula is C11H9FO. The Hall–Kier alpha value is -1.70. The maximum absolute atomic E-state index is 12.4. The van der Waals surface area contributed by atoms with Crippen LogP contribution in [0.3, 0.4) is 0 Å². The van der Waals surface area contributed by atoms with Gasteiger partial charge in [0.05, 0.1) is 0 Å². The van der Waals surface area contributed by atoms with Crippen molar-refractivity contribution in [1.82, 2.24) is 0 Å². The first-order chi connectivity index (χ1) is 6.22. The maximum atomic E-state index is 12.4. The lowest BCUT2D eigenvalue weighted by atomic mass is 10.2. The van der Waals surface area contributed by atoms with Crippen LogP contribution in [0, 0.1) is 5.82 Å². The molecule has 0 N–H and O–H groups in total. The van der Waals surface area contributed by atoms with E-state index in [4.69, 9.17) is 0 Å². The van der Waals surface area contributed by atoms with Crippen LogP contribution >= 0.6 is 0 Å². The van der Waals surface area contributed by atoms with E-state index in [1.807, 2.05) is 0 Å². The Kier molecular flexibility index (Phi) is 3.15. The minimum absolute atomic E-state index is 0.163. The molecule has 1 aromatic carbocycles. The number of ketones is 1. The van der Waals surface area contributed by atoms with Gasteiger partial charge in [-0.2, -0.15) is 0 Å². The molecule has 0 bridgehead atoms. The molecule has 66 valence electrons. The topological polar surface area (TPSA) is 17.1 Å². The Labute approximate surface area is 76.2 Å². The molecule has 1 aromatic rings. The lowest BCUT2D eigenvalue weighted by molar-refractivity contribution is -0.110. The van der Waals surface area contributed by atoms with Gasteiger partial charge in [-0.15, -0.1) is 0 Å². The molecule has 0 amide bonds. The van der Waals surface area contributed by atoms with E-state index in [0.29, 0.717) is 0 Å². The fourth-order valence-corrected chi connectivity index (χ4v) is 0.820. The molecule has 0 atom stereocenters. The first kappa shape index (κ1) is 9.39. The molecule has 1 nitrogen and oxygen atoms in total. The average Bonchev–Trinajstić information content (AvgIpc) is 2.16. The minimum atomic E-state index is -0.285. The van der Waals surface area contributed by atoms with Crippen molar-refractivity contribution in [3.05, 3.63) is 54.4 Å². The van der Waals surface area contributed by atoms with E-state index < -0.39 is 0 Å². The molecule has 0 saturated carbocycles. The second-order valence-corrected chi connectivity index (χ2v) is 2.49. The Morgan fingerprint density at radius 2 is 1.92 bits per heavy atom. The smallest absolute Gasteiger partial charge is 0.178 e. The van der Waals surface area contributed by atoms with Crippen LogP contribution in [-0.2, 0) is 4.79 Å². The lowest BCUT2D eigenvalue weighted by Crippen LogP contribution is -1.82. The van der Waals surface area contributed by atoms with Gasteiger partial charge < -0.3 is 0 Å². The number of halogens is 1. The van der Waals surface area contributed by atoms with Crippen LogP contribution < -0.4 is 0 Å². The van der Waals surface area contributed by atoms with Gasteiger partial charge in [-0.25, -0.2) is 4.39 Å². The highest BCUT2D eigenvalue weighted by atomic mass is 19.1. The van der Waals surface area contributed by atoms with Gasteiger partial charge >= 0.3 is 0 Å². The molecule has 0 heterocycles. The molecule has 0 unspecified atom stereocenters. The van der Waals surface area contributed by atoms with Gasteiger partial charge in [0.25, 0.3) is 0 Å². The van der Waals surface area contributed by atoms with Crippen molar-refractivity contribution in [3.63, 3.8) is 0 Å². The van der Waals surface area contributed by atoms with E-state index >= 15 is 0 Å². The number of hydrogen-bond acceptors (Lipinski definition) is 1. The highest BCUT2D eigenvalue weighted by Gasteiger charge is 1.90. The SMILES string of the molecule is C=CC(=O)C=Cc1ccc(F)cc1. The monoisotopic (exact) mass is 176 g/mol. The molecule has 0 aliphatic rings. The van der Waals surface area contributed by atoms with Gasteiger partial charge in [0, 0.05) is 0 Å². The van der Waals surface area contributed by atoms with Crippen molar-refractivity contribution in [2.45, 2.75) is 0 Å². The molecule has 0 saturated heterocycles. The van der Waals surface area contributed by atoms with Crippen LogP contribution in [0.25, 0.3) is 6.08 Å². The summed E-state index contributed by atoms with van der Waals surface area (Å²) in [4.78, 5) is 10.8. The average molecular weight is 176 g/mol. The molecular weight excluding hydrogens is 167 g/mol. The quantitative estimate of drug-likeness (QED) is 0.647. The van der Waals surface area contributed by atoms with E-state index in [2.05, 4.69) is 6.58 Å². The third kappa shape index (κ3) is 3.03. The molecule has 0 aliphatic heterocycles. The zero-order valence-corrected chi connectivity index (χ0v) is 7.03. The molecule has 0 aliphatic carbocycles. The minimum Gasteiger partial charge on any atom is -0.290 e. The Morgan fingerprint density at radius 1 is 1.31 bits per heavy atom. The highest BCUT2D eigenvalue weighted by molar-refractivity contribution is 6.01. The standard InChI is InChI=1S/C11H9FO/c1-2-11(13)8-5-9-3-6-10(12)7-4-9/h2-8H,1H2.